The molecule has 9 heteroatoms. The molecule has 1 N–H and O–H groups in total. The monoisotopic (exact) mass is 499 g/mol. The van der Waals surface area contributed by atoms with Crippen molar-refractivity contribution in [3.63, 3.8) is 0 Å². The minimum absolute atomic E-state index is 0.117. The number of rotatable bonds is 9. The van der Waals surface area contributed by atoms with E-state index in [1.54, 1.807) is 29.0 Å². The fourth-order valence-corrected chi connectivity index (χ4v) is 6.97. The van der Waals surface area contributed by atoms with Crippen molar-refractivity contribution in [3.8, 4) is 6.07 Å². The number of aryl methyl sites for hydroxylation is 2. The molecule has 0 radical (unpaired) electrons. The Kier molecular flexibility index (Phi) is 7.57. The molecule has 174 valence electrons. The summed E-state index contributed by atoms with van der Waals surface area (Å²) in [6.07, 6.45) is 6.78. The molecule has 1 unspecified atom stereocenters. The first-order chi connectivity index (χ1) is 15.9. The Labute approximate surface area is 207 Å². The molecule has 3 heterocycles. The highest BCUT2D eigenvalue weighted by atomic mass is 32.2. The minimum atomic E-state index is -0.117. The topological polar surface area (TPSA) is 83.6 Å². The largest absolute Gasteiger partial charge is 0.316 e. The molecule has 0 aliphatic heterocycles. The molecule has 3 aromatic heterocycles. The van der Waals surface area contributed by atoms with Crippen molar-refractivity contribution in [1.29, 1.82) is 5.26 Å². The lowest BCUT2D eigenvalue weighted by Crippen LogP contribution is -2.28. The van der Waals surface area contributed by atoms with Crippen LogP contribution >= 0.6 is 34.4 Å². The summed E-state index contributed by atoms with van der Waals surface area (Å²) in [4.78, 5) is 15.3. The molecule has 3 aromatic rings. The van der Waals surface area contributed by atoms with Crippen LogP contribution in [0.3, 0.4) is 0 Å². The molecule has 0 spiro atoms. The van der Waals surface area contributed by atoms with Crippen molar-refractivity contribution in [2.75, 3.05) is 11.1 Å². The third-order valence-electron chi connectivity index (χ3n) is 6.74. The maximum atomic E-state index is 12.7. The summed E-state index contributed by atoms with van der Waals surface area (Å²) in [6.45, 7) is 7.70. The number of anilines is 1. The molecule has 1 aliphatic rings. The van der Waals surface area contributed by atoms with Crippen molar-refractivity contribution >= 4 is 45.3 Å². The fraction of sp³-hybridized carbons (Fsp3) is 0.500. The number of fused-ring (bicyclic) bond motifs is 1. The number of aromatic nitrogens is 3. The summed E-state index contributed by atoms with van der Waals surface area (Å²) < 4.78 is 1.98. The van der Waals surface area contributed by atoms with E-state index in [2.05, 4.69) is 59.9 Å². The summed E-state index contributed by atoms with van der Waals surface area (Å²) in [5.41, 5.74) is 2.08. The minimum Gasteiger partial charge on any atom is -0.316 e. The highest BCUT2D eigenvalue weighted by molar-refractivity contribution is 7.99. The van der Waals surface area contributed by atoms with E-state index in [1.807, 2.05) is 4.57 Å². The predicted octanol–water partition coefficient (Wildman–Crippen LogP) is 5.79. The van der Waals surface area contributed by atoms with Crippen LogP contribution in [0.15, 0.2) is 29.0 Å². The van der Waals surface area contributed by atoms with Gasteiger partial charge in [0, 0.05) is 16.3 Å². The number of thioether (sulfide) groups is 1. The first-order valence-electron chi connectivity index (χ1n) is 11.3. The fourth-order valence-electron chi connectivity index (χ4n) is 4.24. The van der Waals surface area contributed by atoms with Crippen molar-refractivity contribution in [2.45, 2.75) is 64.6 Å². The van der Waals surface area contributed by atoms with Crippen LogP contribution in [0.2, 0.25) is 0 Å². The third-order valence-corrected chi connectivity index (χ3v) is 9.82. The summed E-state index contributed by atoms with van der Waals surface area (Å²) in [5, 5.41) is 24.5. The summed E-state index contributed by atoms with van der Waals surface area (Å²) in [5.74, 6) is 0.726. The molecule has 0 fully saturated rings. The average Bonchev–Trinajstić information content (AvgIpc) is 3.55. The highest BCUT2D eigenvalue weighted by Gasteiger charge is 2.34. The van der Waals surface area contributed by atoms with Gasteiger partial charge in [-0.05, 0) is 54.0 Å². The lowest BCUT2D eigenvalue weighted by atomic mass is 9.69. The van der Waals surface area contributed by atoms with Crippen LogP contribution in [0.4, 0.5) is 5.00 Å². The number of thiophene rings is 2. The number of nitrogens with one attached hydrogen (secondary N) is 1. The third kappa shape index (κ3) is 5.51. The van der Waals surface area contributed by atoms with E-state index in [0.29, 0.717) is 16.5 Å². The quantitative estimate of drug-likeness (QED) is 0.377. The smallest absolute Gasteiger partial charge is 0.235 e. The Morgan fingerprint density at radius 3 is 3.03 bits per heavy atom. The molecule has 0 bridgehead atoms. The zero-order valence-electron chi connectivity index (χ0n) is 19.3. The van der Waals surface area contributed by atoms with E-state index in [0.717, 1.165) is 49.4 Å². The Bertz CT molecular complexity index is 1140. The molecule has 1 aliphatic carbocycles. The van der Waals surface area contributed by atoms with Crippen LogP contribution in [0.5, 0.6) is 0 Å². The summed E-state index contributed by atoms with van der Waals surface area (Å²) in [6, 6.07) is 6.52. The molecule has 4 rings (SSSR count). The van der Waals surface area contributed by atoms with Gasteiger partial charge in [0.05, 0.1) is 11.3 Å². The lowest BCUT2D eigenvalue weighted by Gasteiger charge is -2.36. The van der Waals surface area contributed by atoms with Gasteiger partial charge in [-0.15, -0.1) is 32.9 Å². The molecule has 1 atom stereocenters. The van der Waals surface area contributed by atoms with E-state index in [1.165, 1.54) is 21.5 Å². The van der Waals surface area contributed by atoms with Crippen LogP contribution in [-0.4, -0.2) is 26.4 Å². The average molecular weight is 500 g/mol. The van der Waals surface area contributed by atoms with Crippen LogP contribution in [0.25, 0.3) is 0 Å². The second kappa shape index (κ2) is 10.4. The van der Waals surface area contributed by atoms with Crippen molar-refractivity contribution in [1.82, 2.24) is 14.8 Å². The number of nitriles is 1. The van der Waals surface area contributed by atoms with Crippen molar-refractivity contribution in [3.05, 3.63) is 44.7 Å². The molecular formula is C24H29N5OS3. The number of nitrogens with zero attached hydrogens (tertiary/aromatic N) is 4. The van der Waals surface area contributed by atoms with E-state index >= 15 is 0 Å². The van der Waals surface area contributed by atoms with Gasteiger partial charge in [0.25, 0.3) is 0 Å². The Morgan fingerprint density at radius 1 is 1.45 bits per heavy atom. The number of amides is 1. The molecule has 1 amide bonds. The van der Waals surface area contributed by atoms with Gasteiger partial charge in [-0.3, -0.25) is 4.79 Å². The number of carbonyl (C=O) groups excluding carboxylic acids is 1. The van der Waals surface area contributed by atoms with Gasteiger partial charge in [-0.1, -0.05) is 45.0 Å². The number of hydrogen-bond donors (Lipinski definition) is 1. The Hall–Kier alpha value is -2.15. The zero-order chi connectivity index (χ0) is 23.4. The maximum absolute atomic E-state index is 12.7. The normalized spacial score (nSPS) is 15.8. The number of carbonyl (C=O) groups is 1. The van der Waals surface area contributed by atoms with E-state index in [4.69, 9.17) is 0 Å². The molecule has 0 saturated carbocycles. The molecule has 0 aromatic carbocycles. The van der Waals surface area contributed by atoms with Crippen molar-refractivity contribution in [2.24, 2.45) is 11.3 Å². The van der Waals surface area contributed by atoms with Gasteiger partial charge in [0.2, 0.25) is 5.91 Å². The van der Waals surface area contributed by atoms with E-state index < -0.39 is 0 Å². The van der Waals surface area contributed by atoms with Gasteiger partial charge < -0.3 is 9.88 Å². The zero-order valence-corrected chi connectivity index (χ0v) is 21.7. The first-order valence-corrected chi connectivity index (χ1v) is 14.0. The molecule has 6 nitrogen and oxygen atoms in total. The maximum Gasteiger partial charge on any atom is 0.235 e. The molecular weight excluding hydrogens is 470 g/mol. The standard InChI is InChI=1S/C24H29N5OS3/c1-4-24(2,3)16-7-8-18-19(13-25)22(33-20(18)12-16)27-21(30)14-32-23-28-26-15-29(23)10-9-17-6-5-11-31-17/h5-6,11,15-16H,4,7-10,12,14H2,1-3H3,(H,27,30). The predicted molar refractivity (Wildman–Crippen MR) is 136 cm³/mol. The second-order valence-electron chi connectivity index (χ2n) is 9.07. The Morgan fingerprint density at radius 2 is 2.30 bits per heavy atom. The van der Waals surface area contributed by atoms with E-state index in [-0.39, 0.29) is 17.1 Å². The van der Waals surface area contributed by atoms with Crippen LogP contribution in [0.1, 0.15) is 54.5 Å². The van der Waals surface area contributed by atoms with E-state index in [9.17, 15) is 10.1 Å². The first kappa shape index (κ1) is 24.0. The number of hydrogen-bond acceptors (Lipinski definition) is 7. The van der Waals surface area contributed by atoms with Gasteiger partial charge in [-0.2, -0.15) is 5.26 Å². The second-order valence-corrected chi connectivity index (χ2v) is 12.2. The van der Waals surface area contributed by atoms with Gasteiger partial charge in [0.15, 0.2) is 5.16 Å². The van der Waals surface area contributed by atoms with Crippen molar-refractivity contribution < 1.29 is 4.79 Å². The summed E-state index contributed by atoms with van der Waals surface area (Å²) in [7, 11) is 0. The lowest BCUT2D eigenvalue weighted by molar-refractivity contribution is -0.113. The highest BCUT2D eigenvalue weighted by Crippen LogP contribution is 2.45. The van der Waals surface area contributed by atoms with Crippen LogP contribution in [0, 0.1) is 22.7 Å². The van der Waals surface area contributed by atoms with Gasteiger partial charge in [0.1, 0.15) is 17.4 Å². The SMILES string of the molecule is CCC(C)(C)C1CCc2c(sc(NC(=O)CSc3nncn3CCc3cccs3)c2C#N)C1. The van der Waals surface area contributed by atoms with Gasteiger partial charge in [-0.25, -0.2) is 0 Å². The van der Waals surface area contributed by atoms with Crippen LogP contribution in [-0.2, 0) is 30.6 Å². The van der Waals surface area contributed by atoms with Crippen LogP contribution < -0.4 is 5.32 Å². The Balaban J connectivity index is 1.37. The van der Waals surface area contributed by atoms with Gasteiger partial charge >= 0.3 is 0 Å². The molecule has 0 saturated heterocycles. The molecule has 33 heavy (non-hydrogen) atoms. The summed E-state index contributed by atoms with van der Waals surface area (Å²) >= 11 is 4.70.